The first-order chi connectivity index (χ1) is 9.49. The van der Waals surface area contributed by atoms with Gasteiger partial charge in [-0.25, -0.2) is 4.79 Å². The minimum Gasteiger partial charge on any atom is -0.465 e. The monoisotopic (exact) mass is 280 g/mol. The minimum atomic E-state index is -0.404. The number of anilines is 2. The van der Waals surface area contributed by atoms with Crippen LogP contribution in [0, 0.1) is 5.92 Å². The summed E-state index contributed by atoms with van der Waals surface area (Å²) in [5, 5.41) is 3.34. The van der Waals surface area contributed by atoms with Gasteiger partial charge >= 0.3 is 5.97 Å². The Kier molecular flexibility index (Phi) is 6.31. The summed E-state index contributed by atoms with van der Waals surface area (Å²) in [6.07, 6.45) is 0. The van der Waals surface area contributed by atoms with E-state index in [0.29, 0.717) is 36.1 Å². The summed E-state index contributed by atoms with van der Waals surface area (Å²) in [5.41, 5.74) is 7.41. The minimum absolute atomic E-state index is 0.113. The van der Waals surface area contributed by atoms with Gasteiger partial charge in [0.15, 0.2) is 0 Å². The van der Waals surface area contributed by atoms with Gasteiger partial charge in [0.05, 0.1) is 25.3 Å². The molecule has 0 aliphatic carbocycles. The van der Waals surface area contributed by atoms with Crippen molar-refractivity contribution in [3.05, 3.63) is 23.8 Å². The molecule has 0 amide bonds. The van der Waals surface area contributed by atoms with Gasteiger partial charge in [-0.1, -0.05) is 13.8 Å². The van der Waals surface area contributed by atoms with Crippen LogP contribution in [0.2, 0.25) is 0 Å². The van der Waals surface area contributed by atoms with E-state index in [9.17, 15) is 4.79 Å². The average molecular weight is 280 g/mol. The van der Waals surface area contributed by atoms with E-state index in [1.54, 1.807) is 18.2 Å². The lowest BCUT2D eigenvalue weighted by molar-refractivity contribution is 0.0601. The molecular weight excluding hydrogens is 256 g/mol. The van der Waals surface area contributed by atoms with Crippen molar-refractivity contribution >= 4 is 17.3 Å². The third kappa shape index (κ3) is 4.42. The molecule has 0 aromatic heterocycles. The van der Waals surface area contributed by atoms with Crippen molar-refractivity contribution in [3.8, 4) is 0 Å². The van der Waals surface area contributed by atoms with E-state index in [2.05, 4.69) is 19.2 Å². The van der Waals surface area contributed by atoms with E-state index in [1.807, 2.05) is 6.92 Å². The maximum atomic E-state index is 11.8. The van der Waals surface area contributed by atoms with Gasteiger partial charge in [0.2, 0.25) is 0 Å². The van der Waals surface area contributed by atoms with Crippen LogP contribution in [0.4, 0.5) is 11.4 Å². The SMILES string of the molecule is CCOCC(Nc1ccc(N)cc1C(=O)OC)C(C)C. The summed E-state index contributed by atoms with van der Waals surface area (Å²) in [7, 11) is 1.36. The van der Waals surface area contributed by atoms with Crippen molar-refractivity contribution in [1.82, 2.24) is 0 Å². The zero-order chi connectivity index (χ0) is 15.1. The highest BCUT2D eigenvalue weighted by molar-refractivity contribution is 5.96. The number of hydrogen-bond donors (Lipinski definition) is 2. The molecule has 20 heavy (non-hydrogen) atoms. The van der Waals surface area contributed by atoms with Gasteiger partial charge in [0, 0.05) is 18.0 Å². The molecule has 1 atom stereocenters. The number of carbonyl (C=O) groups is 1. The molecule has 1 unspecified atom stereocenters. The van der Waals surface area contributed by atoms with Crippen LogP contribution >= 0.6 is 0 Å². The molecule has 0 radical (unpaired) electrons. The summed E-state index contributed by atoms with van der Waals surface area (Å²) in [5.74, 6) is -0.0386. The Hall–Kier alpha value is -1.75. The van der Waals surface area contributed by atoms with Crippen LogP contribution in [0.5, 0.6) is 0 Å². The van der Waals surface area contributed by atoms with Crippen LogP contribution in [0.3, 0.4) is 0 Å². The van der Waals surface area contributed by atoms with E-state index in [-0.39, 0.29) is 6.04 Å². The number of rotatable bonds is 7. The van der Waals surface area contributed by atoms with E-state index < -0.39 is 5.97 Å². The highest BCUT2D eigenvalue weighted by atomic mass is 16.5. The molecule has 0 aliphatic rings. The summed E-state index contributed by atoms with van der Waals surface area (Å²) in [6.45, 7) is 7.41. The standard InChI is InChI=1S/C15H24N2O3/c1-5-20-9-14(10(2)3)17-13-7-6-11(16)8-12(13)15(18)19-4/h6-8,10,14,17H,5,9,16H2,1-4H3. The van der Waals surface area contributed by atoms with Gasteiger partial charge in [-0.3, -0.25) is 0 Å². The number of benzene rings is 1. The molecule has 5 heteroatoms. The Bertz CT molecular complexity index is 447. The largest absolute Gasteiger partial charge is 0.465 e. The van der Waals surface area contributed by atoms with Crippen LogP contribution < -0.4 is 11.1 Å². The van der Waals surface area contributed by atoms with Crippen LogP contribution in [0.15, 0.2) is 18.2 Å². The van der Waals surface area contributed by atoms with Crippen LogP contribution in [0.1, 0.15) is 31.1 Å². The van der Waals surface area contributed by atoms with Gasteiger partial charge in [-0.2, -0.15) is 0 Å². The molecule has 112 valence electrons. The lowest BCUT2D eigenvalue weighted by Crippen LogP contribution is -2.31. The summed E-state index contributed by atoms with van der Waals surface area (Å²) >= 11 is 0. The van der Waals surface area contributed by atoms with Crippen molar-refractivity contribution in [3.63, 3.8) is 0 Å². The van der Waals surface area contributed by atoms with E-state index >= 15 is 0 Å². The zero-order valence-corrected chi connectivity index (χ0v) is 12.6. The number of hydrogen-bond acceptors (Lipinski definition) is 5. The smallest absolute Gasteiger partial charge is 0.340 e. The van der Waals surface area contributed by atoms with E-state index in [0.717, 1.165) is 0 Å². The Morgan fingerprint density at radius 1 is 1.40 bits per heavy atom. The van der Waals surface area contributed by atoms with Gasteiger partial charge in [-0.05, 0) is 31.0 Å². The predicted octanol–water partition coefficient (Wildman–Crippen LogP) is 2.53. The van der Waals surface area contributed by atoms with Crippen molar-refractivity contribution < 1.29 is 14.3 Å². The quantitative estimate of drug-likeness (QED) is 0.593. The first-order valence-corrected chi connectivity index (χ1v) is 6.81. The van der Waals surface area contributed by atoms with Crippen molar-refractivity contribution in [2.75, 3.05) is 31.4 Å². The van der Waals surface area contributed by atoms with E-state index in [4.69, 9.17) is 15.2 Å². The number of nitrogen functional groups attached to an aromatic ring is 1. The fourth-order valence-corrected chi connectivity index (χ4v) is 1.81. The summed E-state index contributed by atoms with van der Waals surface area (Å²) in [6, 6.07) is 5.28. The lowest BCUT2D eigenvalue weighted by Gasteiger charge is -2.24. The molecule has 3 N–H and O–H groups in total. The van der Waals surface area contributed by atoms with Gasteiger partial charge in [0.1, 0.15) is 0 Å². The third-order valence-corrected chi connectivity index (χ3v) is 3.10. The number of esters is 1. The normalized spacial score (nSPS) is 12.2. The first-order valence-electron chi connectivity index (χ1n) is 6.81. The molecule has 0 fully saturated rings. The van der Waals surface area contributed by atoms with Gasteiger partial charge in [-0.15, -0.1) is 0 Å². The molecule has 1 aromatic carbocycles. The maximum absolute atomic E-state index is 11.8. The lowest BCUT2D eigenvalue weighted by atomic mass is 10.0. The van der Waals surface area contributed by atoms with Gasteiger partial charge in [0.25, 0.3) is 0 Å². The Morgan fingerprint density at radius 2 is 2.10 bits per heavy atom. The molecule has 0 heterocycles. The van der Waals surface area contributed by atoms with Crippen molar-refractivity contribution in [2.24, 2.45) is 5.92 Å². The molecule has 1 aromatic rings. The molecule has 5 nitrogen and oxygen atoms in total. The fraction of sp³-hybridized carbons (Fsp3) is 0.533. The Labute approximate surface area is 120 Å². The first kappa shape index (κ1) is 16.3. The second-order valence-electron chi connectivity index (χ2n) is 4.95. The number of ether oxygens (including phenoxy) is 2. The number of carbonyl (C=O) groups excluding carboxylic acids is 1. The maximum Gasteiger partial charge on any atom is 0.340 e. The van der Waals surface area contributed by atoms with Gasteiger partial charge < -0.3 is 20.5 Å². The number of nitrogens with one attached hydrogen (secondary N) is 1. The fourth-order valence-electron chi connectivity index (χ4n) is 1.81. The molecule has 0 saturated carbocycles. The Balaban J connectivity index is 2.96. The van der Waals surface area contributed by atoms with Crippen LogP contribution in [-0.4, -0.2) is 32.3 Å². The Morgan fingerprint density at radius 3 is 2.65 bits per heavy atom. The molecule has 0 saturated heterocycles. The van der Waals surface area contributed by atoms with Crippen LogP contribution in [0.25, 0.3) is 0 Å². The predicted molar refractivity (Wildman–Crippen MR) is 80.9 cm³/mol. The number of methoxy groups -OCH3 is 1. The highest BCUT2D eigenvalue weighted by Crippen LogP contribution is 2.22. The average Bonchev–Trinajstić information content (AvgIpc) is 2.43. The molecule has 0 bridgehead atoms. The zero-order valence-electron chi connectivity index (χ0n) is 12.6. The van der Waals surface area contributed by atoms with E-state index in [1.165, 1.54) is 7.11 Å². The van der Waals surface area contributed by atoms with Crippen molar-refractivity contribution in [1.29, 1.82) is 0 Å². The topological polar surface area (TPSA) is 73.6 Å². The molecular formula is C15H24N2O3. The second-order valence-corrected chi connectivity index (χ2v) is 4.95. The highest BCUT2D eigenvalue weighted by Gasteiger charge is 2.18. The molecule has 0 aliphatic heterocycles. The van der Waals surface area contributed by atoms with Crippen LogP contribution in [-0.2, 0) is 9.47 Å². The summed E-state index contributed by atoms with van der Waals surface area (Å²) in [4.78, 5) is 11.8. The molecule has 1 rings (SSSR count). The summed E-state index contributed by atoms with van der Waals surface area (Å²) < 4.78 is 10.3. The number of nitrogens with two attached hydrogens (primary N) is 1. The van der Waals surface area contributed by atoms with Crippen molar-refractivity contribution in [2.45, 2.75) is 26.8 Å². The third-order valence-electron chi connectivity index (χ3n) is 3.10. The second kappa shape index (κ2) is 7.75. The molecule has 0 spiro atoms.